The minimum atomic E-state index is -0.667. The maximum Gasteiger partial charge on any atom is 0.315 e. The molecule has 3 amide bonds. The highest BCUT2D eigenvalue weighted by atomic mass is 16.3. The molecule has 130 valence electrons. The first kappa shape index (κ1) is 17.7. The third kappa shape index (κ3) is 4.65. The van der Waals surface area contributed by atoms with Crippen LogP contribution in [-0.4, -0.2) is 18.0 Å². The summed E-state index contributed by atoms with van der Waals surface area (Å²) in [6.45, 7) is 7.47. The molecule has 0 spiro atoms. The van der Waals surface area contributed by atoms with Crippen molar-refractivity contribution in [1.29, 1.82) is 0 Å². The maximum atomic E-state index is 12.0. The summed E-state index contributed by atoms with van der Waals surface area (Å²) in [4.78, 5) is 24.0. The van der Waals surface area contributed by atoms with Crippen molar-refractivity contribution in [1.82, 2.24) is 16.0 Å². The number of aryl methyl sites for hydroxylation is 2. The van der Waals surface area contributed by atoms with Crippen molar-refractivity contribution < 1.29 is 18.4 Å². The SMILES string of the molecule is Cc1cc([C@@H](C)NC(=O)N[C@H](C)C(=O)NCc2ccco2)c(C)o1. The number of urea groups is 1. The Morgan fingerprint density at radius 3 is 2.54 bits per heavy atom. The van der Waals surface area contributed by atoms with Gasteiger partial charge in [0.1, 0.15) is 23.3 Å². The lowest BCUT2D eigenvalue weighted by Gasteiger charge is -2.17. The predicted octanol–water partition coefficient (Wildman–Crippen LogP) is 2.55. The van der Waals surface area contributed by atoms with E-state index in [1.54, 1.807) is 19.1 Å². The Hall–Kier alpha value is -2.70. The summed E-state index contributed by atoms with van der Waals surface area (Å²) in [6, 6.07) is 4.10. The summed E-state index contributed by atoms with van der Waals surface area (Å²) in [7, 11) is 0. The van der Waals surface area contributed by atoms with Gasteiger partial charge in [-0.3, -0.25) is 4.79 Å². The molecule has 7 heteroatoms. The molecule has 24 heavy (non-hydrogen) atoms. The third-order valence-corrected chi connectivity index (χ3v) is 3.65. The number of rotatable bonds is 6. The second-order valence-corrected chi connectivity index (χ2v) is 5.73. The van der Waals surface area contributed by atoms with Crippen molar-refractivity contribution in [2.45, 2.75) is 46.3 Å². The highest BCUT2D eigenvalue weighted by Gasteiger charge is 2.19. The molecule has 0 radical (unpaired) electrons. The average Bonchev–Trinajstić information content (AvgIpc) is 3.13. The smallest absolute Gasteiger partial charge is 0.315 e. The molecule has 7 nitrogen and oxygen atoms in total. The fourth-order valence-electron chi connectivity index (χ4n) is 2.40. The van der Waals surface area contributed by atoms with Crippen LogP contribution in [0.1, 0.15) is 42.7 Å². The molecule has 2 aromatic rings. The molecule has 0 aliphatic rings. The zero-order chi connectivity index (χ0) is 17.7. The van der Waals surface area contributed by atoms with E-state index in [9.17, 15) is 9.59 Å². The molecule has 0 unspecified atom stereocenters. The van der Waals surface area contributed by atoms with E-state index in [-0.39, 0.29) is 18.5 Å². The molecule has 2 aromatic heterocycles. The van der Waals surface area contributed by atoms with E-state index in [0.717, 1.165) is 17.1 Å². The van der Waals surface area contributed by atoms with Crippen LogP contribution >= 0.6 is 0 Å². The molecule has 2 atom stereocenters. The summed E-state index contributed by atoms with van der Waals surface area (Å²) in [5.74, 6) is 1.93. The van der Waals surface area contributed by atoms with Crippen LogP contribution in [0.4, 0.5) is 4.79 Å². The zero-order valence-corrected chi connectivity index (χ0v) is 14.3. The Morgan fingerprint density at radius 2 is 1.96 bits per heavy atom. The molecule has 0 saturated carbocycles. The maximum absolute atomic E-state index is 12.0. The predicted molar refractivity (Wildman–Crippen MR) is 88.3 cm³/mol. The van der Waals surface area contributed by atoms with E-state index in [4.69, 9.17) is 8.83 Å². The van der Waals surface area contributed by atoms with Gasteiger partial charge in [0.15, 0.2) is 0 Å². The van der Waals surface area contributed by atoms with Gasteiger partial charge in [-0.15, -0.1) is 0 Å². The summed E-state index contributed by atoms with van der Waals surface area (Å²) >= 11 is 0. The standard InChI is InChI=1S/C17H23N3O4/c1-10-8-15(13(4)24-10)11(2)19-17(22)20-12(3)16(21)18-9-14-6-5-7-23-14/h5-8,11-12H,9H2,1-4H3,(H,18,21)(H2,19,20,22)/t11-,12-/m1/s1. The highest BCUT2D eigenvalue weighted by molar-refractivity contribution is 5.86. The van der Waals surface area contributed by atoms with Crippen molar-refractivity contribution in [3.8, 4) is 0 Å². The molecule has 0 aliphatic heterocycles. The molecule has 2 heterocycles. The normalized spacial score (nSPS) is 13.2. The first-order valence-electron chi connectivity index (χ1n) is 7.81. The van der Waals surface area contributed by atoms with Gasteiger partial charge in [-0.25, -0.2) is 4.79 Å². The van der Waals surface area contributed by atoms with Gasteiger partial charge in [0.25, 0.3) is 0 Å². The Bertz CT molecular complexity index is 691. The lowest BCUT2D eigenvalue weighted by Crippen LogP contribution is -2.48. The molecule has 0 saturated heterocycles. The van der Waals surface area contributed by atoms with Crippen LogP contribution in [0.25, 0.3) is 0 Å². The Morgan fingerprint density at radius 1 is 1.21 bits per heavy atom. The number of nitrogens with one attached hydrogen (secondary N) is 3. The number of amides is 3. The summed E-state index contributed by atoms with van der Waals surface area (Å²) in [5.41, 5.74) is 0.914. The Labute approximate surface area is 140 Å². The van der Waals surface area contributed by atoms with E-state index >= 15 is 0 Å². The van der Waals surface area contributed by atoms with Crippen LogP contribution < -0.4 is 16.0 Å². The molecule has 0 fully saturated rings. The van der Waals surface area contributed by atoms with Gasteiger partial charge in [0.2, 0.25) is 5.91 Å². The topological polar surface area (TPSA) is 96.5 Å². The number of carbonyl (C=O) groups is 2. The summed E-state index contributed by atoms with van der Waals surface area (Å²) < 4.78 is 10.6. The molecule has 2 rings (SSSR count). The van der Waals surface area contributed by atoms with E-state index in [0.29, 0.717) is 5.76 Å². The van der Waals surface area contributed by atoms with Crippen molar-refractivity contribution in [2.24, 2.45) is 0 Å². The first-order chi connectivity index (χ1) is 11.4. The van der Waals surface area contributed by atoms with Crippen LogP contribution in [0.2, 0.25) is 0 Å². The lowest BCUT2D eigenvalue weighted by atomic mass is 10.1. The lowest BCUT2D eigenvalue weighted by molar-refractivity contribution is -0.122. The van der Waals surface area contributed by atoms with E-state index < -0.39 is 12.1 Å². The summed E-state index contributed by atoms with van der Waals surface area (Å²) in [5, 5.41) is 8.11. The van der Waals surface area contributed by atoms with Crippen molar-refractivity contribution in [3.05, 3.63) is 47.3 Å². The van der Waals surface area contributed by atoms with Crippen molar-refractivity contribution in [2.75, 3.05) is 0 Å². The minimum absolute atomic E-state index is 0.221. The van der Waals surface area contributed by atoms with Gasteiger partial charge in [0, 0.05) is 5.56 Å². The average molecular weight is 333 g/mol. The van der Waals surface area contributed by atoms with Crippen LogP contribution in [-0.2, 0) is 11.3 Å². The monoisotopic (exact) mass is 333 g/mol. The second-order valence-electron chi connectivity index (χ2n) is 5.73. The van der Waals surface area contributed by atoms with Gasteiger partial charge in [-0.05, 0) is 45.9 Å². The molecule has 0 aromatic carbocycles. The van der Waals surface area contributed by atoms with Crippen LogP contribution in [0.3, 0.4) is 0 Å². The molecular weight excluding hydrogens is 310 g/mol. The van der Waals surface area contributed by atoms with Crippen LogP contribution in [0.5, 0.6) is 0 Å². The molecular formula is C17H23N3O4. The second kappa shape index (κ2) is 7.72. The fraction of sp³-hybridized carbons (Fsp3) is 0.412. The molecule has 0 bridgehead atoms. The van der Waals surface area contributed by atoms with Crippen molar-refractivity contribution in [3.63, 3.8) is 0 Å². The first-order valence-corrected chi connectivity index (χ1v) is 7.81. The molecule has 3 N–H and O–H groups in total. The number of carbonyl (C=O) groups excluding carboxylic acids is 2. The highest BCUT2D eigenvalue weighted by Crippen LogP contribution is 2.20. The van der Waals surface area contributed by atoms with E-state index in [1.165, 1.54) is 6.26 Å². The van der Waals surface area contributed by atoms with E-state index in [2.05, 4.69) is 16.0 Å². The Balaban J connectivity index is 1.80. The minimum Gasteiger partial charge on any atom is -0.467 e. The quantitative estimate of drug-likeness (QED) is 0.757. The fourth-order valence-corrected chi connectivity index (χ4v) is 2.40. The largest absolute Gasteiger partial charge is 0.467 e. The van der Waals surface area contributed by atoms with Gasteiger partial charge >= 0.3 is 6.03 Å². The summed E-state index contributed by atoms with van der Waals surface area (Å²) in [6.07, 6.45) is 1.54. The van der Waals surface area contributed by atoms with Crippen molar-refractivity contribution >= 4 is 11.9 Å². The number of furan rings is 2. The number of hydrogen-bond donors (Lipinski definition) is 3. The number of hydrogen-bond acceptors (Lipinski definition) is 4. The zero-order valence-electron chi connectivity index (χ0n) is 14.3. The van der Waals surface area contributed by atoms with Crippen LogP contribution in [0.15, 0.2) is 33.3 Å². The van der Waals surface area contributed by atoms with Gasteiger partial charge < -0.3 is 24.8 Å². The Kier molecular flexibility index (Phi) is 5.68. The third-order valence-electron chi connectivity index (χ3n) is 3.65. The van der Waals surface area contributed by atoms with Gasteiger partial charge in [-0.2, -0.15) is 0 Å². The molecule has 0 aliphatic carbocycles. The van der Waals surface area contributed by atoms with Gasteiger partial charge in [0.05, 0.1) is 18.8 Å². The van der Waals surface area contributed by atoms with Gasteiger partial charge in [-0.1, -0.05) is 0 Å². The van der Waals surface area contributed by atoms with E-state index in [1.807, 2.05) is 26.8 Å². The van der Waals surface area contributed by atoms with Crippen LogP contribution in [0, 0.1) is 13.8 Å².